The van der Waals surface area contributed by atoms with Crippen molar-refractivity contribution in [2.45, 2.75) is 18.4 Å². The lowest BCUT2D eigenvalue weighted by molar-refractivity contribution is -0.118. The highest BCUT2D eigenvalue weighted by molar-refractivity contribution is 7.99. The number of aryl methyl sites for hydroxylation is 1. The summed E-state index contributed by atoms with van der Waals surface area (Å²) in [4.78, 5) is 11.9. The van der Waals surface area contributed by atoms with Crippen LogP contribution in [0.2, 0.25) is 0 Å². The highest BCUT2D eigenvalue weighted by Gasteiger charge is 2.02. The van der Waals surface area contributed by atoms with E-state index in [0.29, 0.717) is 5.75 Å². The Balaban J connectivity index is 1.53. The molecule has 0 aliphatic carbocycles. The third-order valence-corrected chi connectivity index (χ3v) is 5.61. The van der Waals surface area contributed by atoms with Gasteiger partial charge in [0.15, 0.2) is 0 Å². The van der Waals surface area contributed by atoms with Crippen LogP contribution in [0.4, 0.5) is 0 Å². The Morgan fingerprint density at radius 2 is 1.80 bits per heavy atom. The molecule has 1 amide bonds. The molecule has 0 bridgehead atoms. The molecule has 0 spiro atoms. The Morgan fingerprint density at radius 1 is 1.04 bits per heavy atom. The predicted octanol–water partition coefficient (Wildman–Crippen LogP) is 4.29. The lowest BCUT2D eigenvalue weighted by atomic mass is 10.2. The maximum Gasteiger partial charge on any atom is 0.230 e. The molecule has 0 unspecified atom stereocenters. The quantitative estimate of drug-likeness (QED) is 0.629. The van der Waals surface area contributed by atoms with E-state index in [9.17, 15) is 4.79 Å². The summed E-state index contributed by atoms with van der Waals surface area (Å²) in [5.41, 5.74) is 3.83. The molecule has 0 fully saturated rings. The first-order chi connectivity index (χ1) is 12.2. The van der Waals surface area contributed by atoms with Gasteiger partial charge in [-0.1, -0.05) is 42.0 Å². The summed E-state index contributed by atoms with van der Waals surface area (Å²) in [5.74, 6) is 4.21. The van der Waals surface area contributed by atoms with Crippen LogP contribution in [0, 0.1) is 6.92 Å². The SMILES string of the molecule is COc1ccc(CSCC(=O)NCCSCc2cccc(C)c2)cc1. The highest BCUT2D eigenvalue weighted by atomic mass is 32.2. The van der Waals surface area contributed by atoms with Gasteiger partial charge in [0.05, 0.1) is 12.9 Å². The molecule has 25 heavy (non-hydrogen) atoms. The fourth-order valence-corrected chi connectivity index (χ4v) is 3.91. The summed E-state index contributed by atoms with van der Waals surface area (Å²) >= 11 is 3.48. The zero-order valence-corrected chi connectivity index (χ0v) is 16.4. The van der Waals surface area contributed by atoms with Crippen LogP contribution in [-0.2, 0) is 16.3 Å². The highest BCUT2D eigenvalue weighted by Crippen LogP contribution is 2.16. The van der Waals surface area contributed by atoms with Crippen molar-refractivity contribution in [3.8, 4) is 5.75 Å². The van der Waals surface area contributed by atoms with E-state index in [2.05, 4.69) is 36.5 Å². The fourth-order valence-electron chi connectivity index (χ4n) is 2.29. The van der Waals surface area contributed by atoms with E-state index < -0.39 is 0 Å². The van der Waals surface area contributed by atoms with Gasteiger partial charge in [-0.3, -0.25) is 4.79 Å². The van der Waals surface area contributed by atoms with Crippen LogP contribution < -0.4 is 10.1 Å². The third-order valence-electron chi connectivity index (χ3n) is 3.58. The van der Waals surface area contributed by atoms with E-state index in [1.807, 2.05) is 36.0 Å². The van der Waals surface area contributed by atoms with Gasteiger partial charge >= 0.3 is 0 Å². The molecule has 2 aromatic carbocycles. The summed E-state index contributed by atoms with van der Waals surface area (Å²) < 4.78 is 5.14. The maximum atomic E-state index is 11.9. The summed E-state index contributed by atoms with van der Waals surface area (Å²) in [7, 11) is 1.66. The largest absolute Gasteiger partial charge is 0.497 e. The number of thioether (sulfide) groups is 2. The standard InChI is InChI=1S/C20H25NO2S2/c1-16-4-3-5-18(12-16)14-24-11-10-21-20(22)15-25-13-17-6-8-19(23-2)9-7-17/h3-9,12H,10-11,13-15H2,1-2H3,(H,21,22). The van der Waals surface area contributed by atoms with E-state index in [1.54, 1.807) is 18.9 Å². The minimum absolute atomic E-state index is 0.106. The summed E-state index contributed by atoms with van der Waals surface area (Å²) in [6, 6.07) is 16.5. The Kier molecular flexibility index (Phi) is 8.77. The lowest BCUT2D eigenvalue weighted by Gasteiger charge is -2.06. The van der Waals surface area contributed by atoms with Crippen molar-refractivity contribution >= 4 is 29.4 Å². The van der Waals surface area contributed by atoms with Gasteiger partial charge in [0.2, 0.25) is 5.91 Å². The molecule has 0 atom stereocenters. The monoisotopic (exact) mass is 375 g/mol. The Hall–Kier alpha value is -1.59. The van der Waals surface area contributed by atoms with Crippen LogP contribution in [0.1, 0.15) is 16.7 Å². The Bertz CT molecular complexity index is 659. The summed E-state index contributed by atoms with van der Waals surface area (Å²) in [6.07, 6.45) is 0. The molecular formula is C20H25NO2S2. The first-order valence-corrected chi connectivity index (χ1v) is 10.6. The van der Waals surface area contributed by atoms with E-state index in [-0.39, 0.29) is 5.91 Å². The zero-order chi connectivity index (χ0) is 17.9. The average molecular weight is 376 g/mol. The van der Waals surface area contributed by atoms with Crippen LogP contribution in [-0.4, -0.2) is 31.1 Å². The Morgan fingerprint density at radius 3 is 2.52 bits per heavy atom. The number of amides is 1. The number of methoxy groups -OCH3 is 1. The van der Waals surface area contributed by atoms with Gasteiger partial charge in [-0.25, -0.2) is 0 Å². The second-order valence-corrected chi connectivity index (χ2v) is 7.82. The summed E-state index contributed by atoms with van der Waals surface area (Å²) in [5, 5.41) is 2.98. The number of benzene rings is 2. The fraction of sp³-hybridized carbons (Fsp3) is 0.350. The van der Waals surface area contributed by atoms with Crippen molar-refractivity contribution in [1.82, 2.24) is 5.32 Å². The topological polar surface area (TPSA) is 38.3 Å². The van der Waals surface area contributed by atoms with Crippen LogP contribution in [0.25, 0.3) is 0 Å². The van der Waals surface area contributed by atoms with Crippen molar-refractivity contribution in [3.63, 3.8) is 0 Å². The normalized spacial score (nSPS) is 10.5. The minimum atomic E-state index is 0.106. The van der Waals surface area contributed by atoms with E-state index in [1.165, 1.54) is 16.7 Å². The van der Waals surface area contributed by atoms with Gasteiger partial charge in [-0.05, 0) is 30.2 Å². The van der Waals surface area contributed by atoms with E-state index in [4.69, 9.17) is 4.74 Å². The van der Waals surface area contributed by atoms with Gasteiger partial charge in [0.1, 0.15) is 5.75 Å². The van der Waals surface area contributed by atoms with Crippen LogP contribution in [0.3, 0.4) is 0 Å². The third kappa shape index (κ3) is 7.88. The number of rotatable bonds is 10. The van der Waals surface area contributed by atoms with Crippen LogP contribution in [0.5, 0.6) is 5.75 Å². The molecule has 0 aliphatic heterocycles. The maximum absolute atomic E-state index is 11.9. The van der Waals surface area contributed by atoms with Gasteiger partial charge < -0.3 is 10.1 Å². The molecule has 3 nitrogen and oxygen atoms in total. The molecule has 0 radical (unpaired) electrons. The van der Waals surface area contributed by atoms with Crippen molar-refractivity contribution < 1.29 is 9.53 Å². The van der Waals surface area contributed by atoms with Crippen molar-refractivity contribution in [3.05, 3.63) is 65.2 Å². The predicted molar refractivity (Wildman–Crippen MR) is 110 cm³/mol. The Labute approximate surface area is 158 Å². The lowest BCUT2D eigenvalue weighted by Crippen LogP contribution is -2.27. The second-order valence-electron chi connectivity index (χ2n) is 5.73. The molecule has 2 rings (SSSR count). The van der Waals surface area contributed by atoms with Gasteiger partial charge in [-0.15, -0.1) is 11.8 Å². The van der Waals surface area contributed by atoms with Crippen molar-refractivity contribution in [1.29, 1.82) is 0 Å². The van der Waals surface area contributed by atoms with Crippen molar-refractivity contribution in [2.24, 2.45) is 0 Å². The van der Waals surface area contributed by atoms with Gasteiger partial charge in [0, 0.05) is 23.8 Å². The molecule has 1 N–H and O–H groups in total. The smallest absolute Gasteiger partial charge is 0.230 e. The average Bonchev–Trinajstić information content (AvgIpc) is 2.62. The minimum Gasteiger partial charge on any atom is -0.497 e. The molecule has 5 heteroatoms. The van der Waals surface area contributed by atoms with E-state index >= 15 is 0 Å². The summed E-state index contributed by atoms with van der Waals surface area (Å²) in [6.45, 7) is 2.83. The van der Waals surface area contributed by atoms with Crippen LogP contribution >= 0.6 is 23.5 Å². The van der Waals surface area contributed by atoms with Crippen molar-refractivity contribution in [2.75, 3.05) is 25.2 Å². The molecule has 0 aromatic heterocycles. The first kappa shape index (κ1) is 19.7. The first-order valence-electron chi connectivity index (χ1n) is 8.28. The molecular weight excluding hydrogens is 350 g/mol. The van der Waals surface area contributed by atoms with Crippen LogP contribution in [0.15, 0.2) is 48.5 Å². The molecule has 2 aromatic rings. The zero-order valence-electron chi connectivity index (χ0n) is 14.8. The number of carbonyl (C=O) groups is 1. The van der Waals surface area contributed by atoms with Gasteiger partial charge in [0.25, 0.3) is 0 Å². The number of hydrogen-bond acceptors (Lipinski definition) is 4. The number of nitrogens with one attached hydrogen (secondary N) is 1. The molecule has 0 saturated heterocycles. The van der Waals surface area contributed by atoms with Gasteiger partial charge in [-0.2, -0.15) is 11.8 Å². The molecule has 0 aliphatic rings. The number of hydrogen-bond donors (Lipinski definition) is 1. The number of ether oxygens (including phenoxy) is 1. The number of carbonyl (C=O) groups excluding carboxylic acids is 1. The molecule has 0 saturated carbocycles. The molecule has 0 heterocycles. The molecule has 134 valence electrons. The second kappa shape index (κ2) is 11.1. The van der Waals surface area contributed by atoms with E-state index in [0.717, 1.165) is 29.6 Å².